The molecule has 3 aromatic rings. The van der Waals surface area contributed by atoms with Crippen molar-refractivity contribution in [3.05, 3.63) is 58.2 Å². The molecule has 188 valence electrons. The van der Waals surface area contributed by atoms with Gasteiger partial charge in [-0.25, -0.2) is 18.4 Å². The lowest BCUT2D eigenvalue weighted by Crippen LogP contribution is -2.30. The summed E-state index contributed by atoms with van der Waals surface area (Å²) < 4.78 is 39.9. The molecule has 0 aliphatic rings. The second kappa shape index (κ2) is 11.2. The Kier molecular flexibility index (Phi) is 8.28. The zero-order valence-electron chi connectivity index (χ0n) is 20.1. The molecular formula is C23H29N5O6S. The van der Waals surface area contributed by atoms with E-state index in [1.54, 1.807) is 30.6 Å². The molecule has 0 saturated heterocycles. The molecule has 11 nitrogen and oxygen atoms in total. The van der Waals surface area contributed by atoms with Gasteiger partial charge in [0.15, 0.2) is 5.69 Å². The largest absolute Gasteiger partial charge is 0.494 e. The predicted octanol–water partition coefficient (Wildman–Crippen LogP) is 2.38. The number of aryl methyl sites for hydroxylation is 3. The van der Waals surface area contributed by atoms with E-state index in [0.29, 0.717) is 30.2 Å². The average Bonchev–Trinajstić information content (AvgIpc) is 2.84. The minimum absolute atomic E-state index is 0.0207. The highest BCUT2D eigenvalue weighted by atomic mass is 32.2. The van der Waals surface area contributed by atoms with E-state index in [1.165, 1.54) is 18.8 Å². The maximum Gasteiger partial charge on any atom is 0.286 e. The third kappa shape index (κ3) is 6.07. The molecular weight excluding hydrogens is 474 g/mol. The summed E-state index contributed by atoms with van der Waals surface area (Å²) in [7, 11) is -1.17. The molecule has 0 saturated carbocycles. The standard InChI is InChI=1S/C23H29N5O6S/c1-5-6-10-19-26-22(29)20(27-35(31,32)12-11-18-24-13-15(2)14-25-18)23(30)28(19)21-16(33-3)8-7-9-17(21)34-4/h7-9,13-14,27,29H,5-6,10-12H2,1-4H3. The lowest BCUT2D eigenvalue weighted by atomic mass is 10.2. The van der Waals surface area contributed by atoms with Crippen molar-refractivity contribution in [1.29, 1.82) is 0 Å². The molecule has 0 amide bonds. The first-order valence-electron chi connectivity index (χ1n) is 11.0. The maximum atomic E-state index is 13.6. The van der Waals surface area contributed by atoms with Crippen LogP contribution in [0.4, 0.5) is 5.69 Å². The monoisotopic (exact) mass is 503 g/mol. The van der Waals surface area contributed by atoms with Crippen LogP contribution in [0, 0.1) is 6.92 Å². The van der Waals surface area contributed by atoms with Gasteiger partial charge in [0.25, 0.3) is 5.56 Å². The van der Waals surface area contributed by atoms with Crippen molar-refractivity contribution in [3.63, 3.8) is 0 Å². The van der Waals surface area contributed by atoms with Crippen LogP contribution in [0.1, 0.15) is 37.0 Å². The van der Waals surface area contributed by atoms with Gasteiger partial charge < -0.3 is 14.6 Å². The zero-order valence-corrected chi connectivity index (χ0v) is 20.9. The Hall–Kier alpha value is -3.67. The van der Waals surface area contributed by atoms with Crippen molar-refractivity contribution in [2.45, 2.75) is 39.5 Å². The number of hydrogen-bond acceptors (Lipinski definition) is 9. The Morgan fingerprint density at radius 3 is 2.29 bits per heavy atom. The molecule has 0 spiro atoms. The first-order valence-corrected chi connectivity index (χ1v) is 12.7. The maximum absolute atomic E-state index is 13.6. The summed E-state index contributed by atoms with van der Waals surface area (Å²) in [4.78, 5) is 26.0. The van der Waals surface area contributed by atoms with Crippen molar-refractivity contribution in [1.82, 2.24) is 19.5 Å². The SMILES string of the molecule is CCCCc1nc(O)c(NS(=O)(=O)CCc2ncc(C)cn2)c(=O)n1-c1c(OC)cccc1OC. The second-order valence-electron chi connectivity index (χ2n) is 7.83. The molecule has 0 atom stereocenters. The highest BCUT2D eigenvalue weighted by Gasteiger charge is 2.25. The third-order valence-corrected chi connectivity index (χ3v) is 6.46. The van der Waals surface area contributed by atoms with Crippen LogP contribution in [0.25, 0.3) is 5.69 Å². The van der Waals surface area contributed by atoms with Gasteiger partial charge in [0.2, 0.25) is 15.9 Å². The molecule has 2 heterocycles. The first-order chi connectivity index (χ1) is 16.7. The van der Waals surface area contributed by atoms with Gasteiger partial charge in [-0.1, -0.05) is 19.4 Å². The Morgan fingerprint density at radius 2 is 1.71 bits per heavy atom. The van der Waals surface area contributed by atoms with Crippen LogP contribution < -0.4 is 19.8 Å². The quantitative estimate of drug-likeness (QED) is 0.403. The third-order valence-electron chi connectivity index (χ3n) is 5.20. The molecule has 12 heteroatoms. The van der Waals surface area contributed by atoms with Crippen molar-refractivity contribution in [2.24, 2.45) is 0 Å². The molecule has 2 aromatic heterocycles. The highest BCUT2D eigenvalue weighted by Crippen LogP contribution is 2.33. The summed E-state index contributed by atoms with van der Waals surface area (Å²) in [5, 5.41) is 10.5. The fourth-order valence-electron chi connectivity index (χ4n) is 3.41. The normalized spacial score (nSPS) is 11.3. The summed E-state index contributed by atoms with van der Waals surface area (Å²) in [6.07, 6.45) is 5.06. The smallest absolute Gasteiger partial charge is 0.286 e. The zero-order chi connectivity index (χ0) is 25.6. The predicted molar refractivity (Wildman–Crippen MR) is 131 cm³/mol. The Morgan fingerprint density at radius 1 is 1.09 bits per heavy atom. The van der Waals surface area contributed by atoms with E-state index in [1.807, 2.05) is 13.8 Å². The van der Waals surface area contributed by atoms with E-state index in [0.717, 1.165) is 12.0 Å². The number of aromatic hydroxyl groups is 1. The van der Waals surface area contributed by atoms with E-state index in [2.05, 4.69) is 19.7 Å². The Bertz CT molecular complexity index is 1320. The summed E-state index contributed by atoms with van der Waals surface area (Å²) in [6.45, 7) is 3.80. The molecule has 0 radical (unpaired) electrons. The topological polar surface area (TPSA) is 146 Å². The number of ether oxygens (including phenoxy) is 2. The van der Waals surface area contributed by atoms with Gasteiger partial charge in [0, 0.05) is 25.2 Å². The van der Waals surface area contributed by atoms with Crippen molar-refractivity contribution in [2.75, 3.05) is 24.7 Å². The molecule has 0 fully saturated rings. The minimum atomic E-state index is -4.05. The summed E-state index contributed by atoms with van der Waals surface area (Å²) in [6, 6.07) is 4.99. The van der Waals surface area contributed by atoms with Crippen LogP contribution in [0.5, 0.6) is 17.4 Å². The van der Waals surface area contributed by atoms with Crippen LogP contribution in [-0.2, 0) is 22.9 Å². The molecule has 0 aliphatic heterocycles. The van der Waals surface area contributed by atoms with Gasteiger partial charge in [-0.3, -0.25) is 14.1 Å². The summed E-state index contributed by atoms with van der Waals surface area (Å²) in [5.74, 6) is 0.123. The summed E-state index contributed by atoms with van der Waals surface area (Å²) >= 11 is 0. The van der Waals surface area contributed by atoms with Crippen LogP contribution in [0.3, 0.4) is 0 Å². The Labute approximate surface area is 203 Å². The van der Waals surface area contributed by atoms with Gasteiger partial charge >= 0.3 is 0 Å². The lowest BCUT2D eigenvalue weighted by Gasteiger charge is -2.19. The van der Waals surface area contributed by atoms with E-state index >= 15 is 0 Å². The molecule has 3 rings (SSSR count). The average molecular weight is 504 g/mol. The van der Waals surface area contributed by atoms with E-state index in [4.69, 9.17) is 9.47 Å². The number of anilines is 1. The number of nitrogens with one attached hydrogen (secondary N) is 1. The second-order valence-corrected chi connectivity index (χ2v) is 9.67. The number of sulfonamides is 1. The van der Waals surface area contributed by atoms with Gasteiger partial charge in [0.05, 0.1) is 20.0 Å². The summed E-state index contributed by atoms with van der Waals surface area (Å²) in [5.41, 5.74) is -0.264. The van der Waals surface area contributed by atoms with E-state index in [9.17, 15) is 18.3 Å². The number of methoxy groups -OCH3 is 2. The molecule has 1 aromatic carbocycles. The van der Waals surface area contributed by atoms with Crippen LogP contribution >= 0.6 is 0 Å². The molecule has 35 heavy (non-hydrogen) atoms. The lowest BCUT2D eigenvalue weighted by molar-refractivity contribution is 0.388. The fourth-order valence-corrected chi connectivity index (χ4v) is 4.45. The number of rotatable bonds is 11. The van der Waals surface area contributed by atoms with Gasteiger partial charge in [-0.15, -0.1) is 0 Å². The highest BCUT2D eigenvalue weighted by molar-refractivity contribution is 7.92. The number of hydrogen-bond donors (Lipinski definition) is 2. The van der Waals surface area contributed by atoms with Gasteiger partial charge in [-0.2, -0.15) is 4.98 Å². The van der Waals surface area contributed by atoms with Crippen LogP contribution in [-0.4, -0.2) is 53.0 Å². The molecule has 0 aliphatic carbocycles. The van der Waals surface area contributed by atoms with Crippen molar-refractivity contribution < 1.29 is 23.0 Å². The fraction of sp³-hybridized carbons (Fsp3) is 0.391. The van der Waals surface area contributed by atoms with Crippen molar-refractivity contribution in [3.8, 4) is 23.1 Å². The molecule has 0 unspecified atom stereocenters. The number of nitrogens with zero attached hydrogens (tertiary/aromatic N) is 4. The van der Waals surface area contributed by atoms with Gasteiger partial charge in [0.1, 0.15) is 28.8 Å². The number of benzene rings is 1. The van der Waals surface area contributed by atoms with Crippen molar-refractivity contribution >= 4 is 15.7 Å². The minimum Gasteiger partial charge on any atom is -0.494 e. The van der Waals surface area contributed by atoms with E-state index < -0.39 is 32.9 Å². The number of unbranched alkanes of at least 4 members (excludes halogenated alkanes) is 1. The Balaban J connectivity index is 2.07. The van der Waals surface area contributed by atoms with E-state index in [-0.39, 0.29) is 17.9 Å². The molecule has 2 N–H and O–H groups in total. The van der Waals surface area contributed by atoms with Gasteiger partial charge in [-0.05, 0) is 31.0 Å². The van der Waals surface area contributed by atoms with Crippen LogP contribution in [0.2, 0.25) is 0 Å². The number of para-hydroxylation sites is 1. The first kappa shape index (κ1) is 25.9. The van der Waals surface area contributed by atoms with Crippen LogP contribution in [0.15, 0.2) is 35.4 Å². The molecule has 0 bridgehead atoms. The number of aromatic nitrogens is 4.